The Morgan fingerprint density at radius 2 is 1.64 bits per heavy atom. The van der Waals surface area contributed by atoms with Gasteiger partial charge in [0.05, 0.1) is 32.5 Å². The van der Waals surface area contributed by atoms with Gasteiger partial charge in [0.25, 0.3) is 17.4 Å². The van der Waals surface area contributed by atoms with Crippen molar-refractivity contribution in [2.45, 2.75) is 113 Å². The molecule has 4 aliphatic heterocycles. The normalized spacial score (nSPS) is 27.9. The summed E-state index contributed by atoms with van der Waals surface area (Å²) in [4.78, 5) is 111. The molecule has 5 aromatic rings. The minimum absolute atomic E-state index is 0.0489. The van der Waals surface area contributed by atoms with E-state index in [1.54, 1.807) is 38.1 Å². The number of nitrogens with two attached hydrogens (primary N) is 2. The van der Waals surface area contributed by atoms with Crippen molar-refractivity contribution in [3.05, 3.63) is 71.3 Å². The number of phosphoric ester groups is 1. The number of unbranched alkanes of at least 4 members (excludes halogenated alkanes) is 2. The number of amides is 5. The van der Waals surface area contributed by atoms with E-state index in [0.717, 1.165) is 15.8 Å². The van der Waals surface area contributed by atoms with Crippen LogP contribution in [0, 0.1) is 5.92 Å². The fourth-order valence-electron chi connectivity index (χ4n) is 9.23. The highest BCUT2D eigenvalue weighted by atomic mass is 32.7. The Balaban J connectivity index is 0.882. The highest BCUT2D eigenvalue weighted by Gasteiger charge is 2.57. The van der Waals surface area contributed by atoms with Crippen molar-refractivity contribution < 1.29 is 75.8 Å². The lowest BCUT2D eigenvalue weighted by atomic mass is 9.99. The molecule has 3 saturated heterocycles. The molecule has 9 rings (SSSR count). The Bertz CT molecular complexity index is 3350. The quantitative estimate of drug-likeness (QED) is 0.0336. The summed E-state index contributed by atoms with van der Waals surface area (Å²) >= 11 is 0.688. The number of phosphoric acid groups is 1. The van der Waals surface area contributed by atoms with E-state index in [1.807, 2.05) is 0 Å². The molecule has 0 spiro atoms. The maximum atomic E-state index is 15.3. The van der Waals surface area contributed by atoms with Crippen LogP contribution in [0.25, 0.3) is 22.3 Å². The fraction of sp³-hybridized carbons (Fsp3) is 0.500. The number of benzene rings is 1. The van der Waals surface area contributed by atoms with E-state index >= 15 is 4.57 Å². The van der Waals surface area contributed by atoms with Crippen LogP contribution in [0.3, 0.4) is 0 Å². The maximum Gasteiger partial charge on any atom is 0.472 e. The second kappa shape index (κ2) is 23.9. The molecule has 4 aromatic heterocycles. The Labute approximate surface area is 457 Å². The standard InChI is InChI=1S/C46H58N14O17P2S/c1-23(2)33(55-29(62)7-5-4-6-14-58-30(63)12-13-31(58)64)42(67)53-24(3)41(66)54-26-10-8-25(9-11-26)17-80-79(71)72-16-27-36(65)37(44(74-27)60-22-52-35-40(60)56-45(48)57-43(35)68)77-78(69,70)73-19-46(18-61)28(76-79)15-32(75-46)59-21-51-34-38(47)49-20-50-39(34)59/h8-13,20-24,27-28,32-33,36-37,44,61,65H,4-7,14-19H2,1-3H3,(H,53,67)(H,54,66)(H,55,62)(H,69,70)(H2,47,49,50)(H3,48,56,57,68)/t24-,27+,28-,32+,33-,36+,37+,44+,46+,79?/m0/s1. The molecule has 8 heterocycles. The van der Waals surface area contributed by atoms with E-state index in [9.17, 15) is 48.4 Å². The number of fused-ring (bicyclic) bond motifs is 5. The SMILES string of the molecule is CC(C)[C@H](NC(=O)CCCCCN1C(=O)C=CC1=O)C(=O)N[C@@H](C)C(=O)Nc1ccc(CSP2(=O)OC[C@H]3O[C@@H](n4cnc5c(=O)[nH]c(N)nc54)[C@H](OP(=O)(O)OC[C@@]4(CO)O[C@@H](n5cnc6c(N)ncnc65)C[C@@H]4O2)[C@@H]3O)cc1. The van der Waals surface area contributed by atoms with E-state index < -0.39 is 106 Å². The number of nitrogen functional groups attached to an aromatic ring is 2. The van der Waals surface area contributed by atoms with Gasteiger partial charge in [0.15, 0.2) is 28.9 Å². The summed E-state index contributed by atoms with van der Waals surface area (Å²) in [6.07, 6.45) is -1.68. The monoisotopic (exact) mass is 1170 g/mol. The zero-order chi connectivity index (χ0) is 57.3. The number of imide groups is 1. The topological polar surface area (TPSA) is 434 Å². The minimum atomic E-state index is -5.30. The third-order valence-electron chi connectivity index (χ3n) is 13.6. The highest BCUT2D eigenvalue weighted by Crippen LogP contribution is 2.65. The molecule has 80 heavy (non-hydrogen) atoms. The molecule has 11 atom stereocenters. The molecular weight excluding hydrogens is 1110 g/mol. The lowest BCUT2D eigenvalue weighted by molar-refractivity contribution is -0.145. The number of rotatable bonds is 18. The van der Waals surface area contributed by atoms with Crippen molar-refractivity contribution in [1.29, 1.82) is 0 Å². The highest BCUT2D eigenvalue weighted by molar-refractivity contribution is 8.54. The van der Waals surface area contributed by atoms with Gasteiger partial charge in [-0.15, -0.1) is 0 Å². The summed E-state index contributed by atoms with van der Waals surface area (Å²) in [6.45, 7) is -1.96. The summed E-state index contributed by atoms with van der Waals surface area (Å²) in [6, 6.07) is 4.33. The van der Waals surface area contributed by atoms with Crippen molar-refractivity contribution in [3.63, 3.8) is 0 Å². The van der Waals surface area contributed by atoms with Gasteiger partial charge in [0.2, 0.25) is 23.7 Å². The number of H-pyrrole nitrogens is 1. The summed E-state index contributed by atoms with van der Waals surface area (Å²) < 4.78 is 67.8. The van der Waals surface area contributed by atoms with Crippen LogP contribution in [0.4, 0.5) is 17.5 Å². The number of imidazole rings is 2. The average molecular weight is 1170 g/mol. The number of aromatic amines is 1. The summed E-state index contributed by atoms with van der Waals surface area (Å²) in [5.41, 5.74) is 9.99. The third kappa shape index (κ3) is 12.7. The zero-order valence-corrected chi connectivity index (χ0v) is 45.7. The molecule has 430 valence electrons. The van der Waals surface area contributed by atoms with Gasteiger partial charge in [-0.25, -0.2) is 29.1 Å². The van der Waals surface area contributed by atoms with Crippen LogP contribution in [-0.4, -0.2) is 157 Å². The number of aliphatic hydroxyl groups is 2. The first-order chi connectivity index (χ1) is 38.1. The number of nitrogens with zero attached hydrogens (tertiary/aromatic N) is 8. The van der Waals surface area contributed by atoms with Crippen LogP contribution >= 0.6 is 26.0 Å². The first-order valence-corrected chi connectivity index (χ1v) is 29.7. The molecule has 0 saturated carbocycles. The molecule has 11 N–H and O–H groups in total. The molecule has 3 fully saturated rings. The van der Waals surface area contributed by atoms with Crippen molar-refractivity contribution in [1.82, 2.24) is 54.6 Å². The molecule has 2 unspecified atom stereocenters. The van der Waals surface area contributed by atoms with Crippen LogP contribution in [0.5, 0.6) is 0 Å². The van der Waals surface area contributed by atoms with Crippen LogP contribution in [0.2, 0.25) is 0 Å². The summed E-state index contributed by atoms with van der Waals surface area (Å²) in [5.74, 6) is -2.97. The van der Waals surface area contributed by atoms with Crippen LogP contribution in [0.15, 0.2) is 60.2 Å². The molecule has 4 aliphatic rings. The van der Waals surface area contributed by atoms with Gasteiger partial charge in [0.1, 0.15) is 60.2 Å². The number of hydrogen-bond acceptors (Lipinski definition) is 24. The van der Waals surface area contributed by atoms with Crippen molar-refractivity contribution in [2.24, 2.45) is 5.92 Å². The van der Waals surface area contributed by atoms with E-state index in [-0.39, 0.29) is 82.9 Å². The predicted molar refractivity (Wildman–Crippen MR) is 281 cm³/mol. The molecule has 5 amide bonds. The molecular formula is C46H58N14O17P2S. The zero-order valence-electron chi connectivity index (χ0n) is 43.1. The summed E-state index contributed by atoms with van der Waals surface area (Å²) in [7, 11) is -5.30. The van der Waals surface area contributed by atoms with Gasteiger partial charge in [-0.2, -0.15) is 4.98 Å². The Hall–Kier alpha value is -6.54. The van der Waals surface area contributed by atoms with E-state index in [2.05, 4.69) is 45.9 Å². The van der Waals surface area contributed by atoms with E-state index in [4.69, 9.17) is 39.0 Å². The number of anilines is 3. The molecule has 34 heteroatoms. The van der Waals surface area contributed by atoms with Gasteiger partial charge in [-0.1, -0.05) is 32.4 Å². The Morgan fingerprint density at radius 3 is 2.36 bits per heavy atom. The van der Waals surface area contributed by atoms with Crippen LogP contribution in [-0.2, 0) is 66.4 Å². The number of carbonyl (C=O) groups is 5. The molecule has 1 aromatic carbocycles. The van der Waals surface area contributed by atoms with Gasteiger partial charge in [-0.05, 0) is 54.8 Å². The second-order valence-electron chi connectivity index (χ2n) is 19.5. The second-order valence-corrected chi connectivity index (χ2v) is 25.0. The lowest BCUT2D eigenvalue weighted by Crippen LogP contribution is -2.53. The number of aliphatic hydroxyl groups excluding tert-OH is 2. The number of hydrogen-bond donors (Lipinski definition) is 9. The largest absolute Gasteiger partial charge is 0.472 e. The maximum absolute atomic E-state index is 15.3. The Morgan fingerprint density at radius 1 is 0.912 bits per heavy atom. The first-order valence-electron chi connectivity index (χ1n) is 25.1. The van der Waals surface area contributed by atoms with Gasteiger partial charge < -0.3 is 52.0 Å². The number of aromatic nitrogens is 8. The van der Waals surface area contributed by atoms with Gasteiger partial charge in [-0.3, -0.25) is 65.9 Å². The van der Waals surface area contributed by atoms with E-state index in [1.165, 1.54) is 36.3 Å². The molecule has 31 nitrogen and oxygen atoms in total. The number of nitrogens with one attached hydrogen (secondary N) is 4. The van der Waals surface area contributed by atoms with E-state index in [0.29, 0.717) is 41.9 Å². The van der Waals surface area contributed by atoms with Crippen LogP contribution in [0.1, 0.15) is 70.9 Å². The average Bonchev–Trinajstić information content (AvgIpc) is 4.31. The van der Waals surface area contributed by atoms with Crippen molar-refractivity contribution in [2.75, 3.05) is 43.1 Å². The molecule has 2 bridgehead atoms. The molecule has 0 radical (unpaired) electrons. The fourth-order valence-corrected chi connectivity index (χ4v) is 13.6. The van der Waals surface area contributed by atoms with Gasteiger partial charge in [0, 0.05) is 43.0 Å². The van der Waals surface area contributed by atoms with Crippen molar-refractivity contribution in [3.8, 4) is 0 Å². The Kier molecular flexibility index (Phi) is 17.4. The van der Waals surface area contributed by atoms with Crippen molar-refractivity contribution >= 4 is 95.3 Å². The number of carbonyl (C=O) groups excluding carboxylic acids is 5. The number of ether oxygens (including phenoxy) is 2. The summed E-state index contributed by atoms with van der Waals surface area (Å²) in [5, 5.41) is 30.9. The van der Waals surface area contributed by atoms with Crippen LogP contribution < -0.4 is 33.0 Å². The smallest absolute Gasteiger partial charge is 0.393 e. The first kappa shape index (κ1) is 58.1. The third-order valence-corrected chi connectivity index (χ3v) is 18.2. The van der Waals surface area contributed by atoms with Gasteiger partial charge >= 0.3 is 14.6 Å². The predicted octanol–water partition coefficient (Wildman–Crippen LogP) is 1.06. The molecule has 0 aliphatic carbocycles. The minimum Gasteiger partial charge on any atom is -0.393 e. The lowest BCUT2D eigenvalue weighted by Gasteiger charge is -2.34.